The Morgan fingerprint density at radius 2 is 1.61 bits per heavy atom. The van der Waals surface area contributed by atoms with E-state index in [2.05, 4.69) is 17.6 Å². The van der Waals surface area contributed by atoms with Gasteiger partial charge in [-0.2, -0.15) is 0 Å². The van der Waals surface area contributed by atoms with Crippen molar-refractivity contribution in [1.82, 2.24) is 15.5 Å². The van der Waals surface area contributed by atoms with Crippen LogP contribution in [0.15, 0.2) is 18.2 Å². The Labute approximate surface area is 217 Å². The summed E-state index contributed by atoms with van der Waals surface area (Å²) >= 11 is 0. The molecule has 2 rings (SSSR count). The standard InChI is InChI=1S/C29H47N3O4/c1-12-17(2)23(30-27(35)36-29(9,10)11)26(34)32(21-16-20(21)5)24(25(33)31-28(6,7)8)22-18(3)14-13-15-19(22)4/h13-15,17,20-21,23-24H,12,16H2,1-11H3,(H,30,35)(H,31,33). The van der Waals surface area contributed by atoms with E-state index < -0.39 is 29.3 Å². The maximum atomic E-state index is 14.4. The highest BCUT2D eigenvalue weighted by atomic mass is 16.6. The summed E-state index contributed by atoms with van der Waals surface area (Å²) in [6, 6.07) is 4.21. The second-order valence-electron chi connectivity index (χ2n) is 12.5. The molecule has 202 valence electrons. The molecule has 0 radical (unpaired) electrons. The number of amides is 3. The van der Waals surface area contributed by atoms with Crippen LogP contribution in [0.2, 0.25) is 0 Å². The highest BCUT2D eigenvalue weighted by molar-refractivity contribution is 5.93. The predicted molar refractivity (Wildman–Crippen MR) is 144 cm³/mol. The van der Waals surface area contributed by atoms with Crippen molar-refractivity contribution in [3.63, 3.8) is 0 Å². The number of nitrogens with one attached hydrogen (secondary N) is 2. The lowest BCUT2D eigenvalue weighted by Gasteiger charge is -2.38. The third-order valence-corrected chi connectivity index (χ3v) is 6.67. The molecule has 36 heavy (non-hydrogen) atoms. The van der Waals surface area contributed by atoms with Crippen LogP contribution in [0.5, 0.6) is 0 Å². The summed E-state index contributed by atoms with van der Waals surface area (Å²) in [5.41, 5.74) is 1.59. The molecule has 0 spiro atoms. The SMILES string of the molecule is CCC(C)C(NC(=O)OC(C)(C)C)C(=O)N(C(C(=O)NC(C)(C)C)c1c(C)cccc1C)C1CC1C. The highest BCUT2D eigenvalue weighted by Gasteiger charge is 2.49. The summed E-state index contributed by atoms with van der Waals surface area (Å²) in [6.07, 6.45) is 0.866. The van der Waals surface area contributed by atoms with Gasteiger partial charge in [-0.25, -0.2) is 4.79 Å². The van der Waals surface area contributed by atoms with Gasteiger partial charge in [0.25, 0.3) is 0 Å². The molecular formula is C29H47N3O4. The molecule has 0 saturated heterocycles. The van der Waals surface area contributed by atoms with Crippen LogP contribution >= 0.6 is 0 Å². The molecule has 3 amide bonds. The number of rotatable bonds is 8. The van der Waals surface area contributed by atoms with E-state index in [1.807, 2.05) is 66.7 Å². The summed E-state index contributed by atoms with van der Waals surface area (Å²) in [4.78, 5) is 42.8. The summed E-state index contributed by atoms with van der Waals surface area (Å²) in [6.45, 7) is 21.1. The quantitative estimate of drug-likeness (QED) is 0.497. The minimum Gasteiger partial charge on any atom is -0.444 e. The lowest BCUT2D eigenvalue weighted by Crippen LogP contribution is -2.57. The molecule has 0 aromatic heterocycles. The van der Waals surface area contributed by atoms with Gasteiger partial charge in [-0.3, -0.25) is 9.59 Å². The van der Waals surface area contributed by atoms with Crippen molar-refractivity contribution in [2.45, 2.75) is 118 Å². The molecule has 1 saturated carbocycles. The Bertz CT molecular complexity index is 940. The molecular weight excluding hydrogens is 454 g/mol. The van der Waals surface area contributed by atoms with Gasteiger partial charge in [0.1, 0.15) is 17.7 Å². The number of hydrogen-bond acceptors (Lipinski definition) is 4. The predicted octanol–water partition coefficient (Wildman–Crippen LogP) is 5.44. The molecule has 7 heteroatoms. The molecule has 1 aliphatic carbocycles. The van der Waals surface area contributed by atoms with E-state index in [-0.39, 0.29) is 29.7 Å². The van der Waals surface area contributed by atoms with Gasteiger partial charge >= 0.3 is 6.09 Å². The molecule has 0 aliphatic heterocycles. The van der Waals surface area contributed by atoms with E-state index >= 15 is 0 Å². The molecule has 5 unspecified atom stereocenters. The van der Waals surface area contributed by atoms with Gasteiger partial charge in [-0.05, 0) is 90.3 Å². The van der Waals surface area contributed by atoms with Crippen LogP contribution in [-0.4, -0.2) is 46.0 Å². The Hall–Kier alpha value is -2.57. The molecule has 0 bridgehead atoms. The number of benzene rings is 1. The lowest BCUT2D eigenvalue weighted by atomic mass is 9.91. The summed E-state index contributed by atoms with van der Waals surface area (Å²) in [5, 5.41) is 5.95. The zero-order valence-electron chi connectivity index (χ0n) is 24.1. The summed E-state index contributed by atoms with van der Waals surface area (Å²) in [7, 11) is 0. The number of carbonyl (C=O) groups excluding carboxylic acids is 3. The topological polar surface area (TPSA) is 87.7 Å². The summed E-state index contributed by atoms with van der Waals surface area (Å²) in [5.74, 6) is -0.345. The van der Waals surface area contributed by atoms with E-state index in [1.54, 1.807) is 25.7 Å². The van der Waals surface area contributed by atoms with Crippen LogP contribution in [0, 0.1) is 25.7 Å². The zero-order valence-corrected chi connectivity index (χ0v) is 24.1. The van der Waals surface area contributed by atoms with Crippen molar-refractivity contribution in [2.75, 3.05) is 0 Å². The van der Waals surface area contributed by atoms with Gasteiger partial charge in [-0.1, -0.05) is 45.4 Å². The van der Waals surface area contributed by atoms with E-state index in [9.17, 15) is 14.4 Å². The van der Waals surface area contributed by atoms with Gasteiger partial charge in [0.2, 0.25) is 11.8 Å². The van der Waals surface area contributed by atoms with Crippen LogP contribution in [0.25, 0.3) is 0 Å². The fourth-order valence-corrected chi connectivity index (χ4v) is 4.54. The molecule has 1 aromatic rings. The van der Waals surface area contributed by atoms with Gasteiger partial charge in [0.05, 0.1) is 0 Å². The fourth-order valence-electron chi connectivity index (χ4n) is 4.54. The van der Waals surface area contributed by atoms with E-state index in [0.29, 0.717) is 6.42 Å². The largest absolute Gasteiger partial charge is 0.444 e. The maximum absolute atomic E-state index is 14.4. The smallest absolute Gasteiger partial charge is 0.408 e. The first kappa shape index (κ1) is 29.7. The first-order valence-electron chi connectivity index (χ1n) is 13.2. The third kappa shape index (κ3) is 7.71. The molecule has 2 N–H and O–H groups in total. The van der Waals surface area contributed by atoms with Gasteiger partial charge in [-0.15, -0.1) is 0 Å². The average Bonchev–Trinajstić information content (AvgIpc) is 3.43. The second kappa shape index (κ2) is 11.2. The molecule has 0 heterocycles. The number of carbonyl (C=O) groups is 3. The summed E-state index contributed by atoms with van der Waals surface area (Å²) < 4.78 is 5.49. The number of nitrogens with zero attached hydrogens (tertiary/aromatic N) is 1. The van der Waals surface area contributed by atoms with E-state index in [4.69, 9.17) is 4.74 Å². The van der Waals surface area contributed by atoms with E-state index in [1.165, 1.54) is 0 Å². The number of aryl methyl sites for hydroxylation is 2. The molecule has 1 fully saturated rings. The van der Waals surface area contributed by atoms with Crippen molar-refractivity contribution in [3.05, 3.63) is 34.9 Å². The van der Waals surface area contributed by atoms with Gasteiger partial charge < -0.3 is 20.3 Å². The number of hydrogen-bond donors (Lipinski definition) is 2. The van der Waals surface area contributed by atoms with Crippen molar-refractivity contribution in [3.8, 4) is 0 Å². The van der Waals surface area contributed by atoms with Crippen LogP contribution < -0.4 is 10.6 Å². The molecule has 1 aromatic carbocycles. The zero-order chi connectivity index (χ0) is 27.6. The minimum atomic E-state index is -0.813. The highest BCUT2D eigenvalue weighted by Crippen LogP contribution is 2.42. The number of alkyl carbamates (subject to hydrolysis) is 1. The first-order chi connectivity index (χ1) is 16.5. The Morgan fingerprint density at radius 3 is 2.03 bits per heavy atom. The van der Waals surface area contributed by atoms with Crippen LogP contribution in [0.3, 0.4) is 0 Å². The Kier molecular flexibility index (Phi) is 9.25. The Balaban J connectivity index is 2.61. The van der Waals surface area contributed by atoms with Crippen LogP contribution in [0.1, 0.15) is 97.9 Å². The molecule has 7 nitrogen and oxygen atoms in total. The minimum absolute atomic E-state index is 0.0841. The van der Waals surface area contributed by atoms with Crippen molar-refractivity contribution < 1.29 is 19.1 Å². The average molecular weight is 502 g/mol. The normalized spacial score (nSPS) is 20.1. The third-order valence-electron chi connectivity index (χ3n) is 6.67. The van der Waals surface area contributed by atoms with Crippen molar-refractivity contribution >= 4 is 17.9 Å². The number of ether oxygens (including phenoxy) is 1. The fraction of sp³-hybridized carbons (Fsp3) is 0.690. The van der Waals surface area contributed by atoms with Crippen LogP contribution in [-0.2, 0) is 14.3 Å². The first-order valence-corrected chi connectivity index (χ1v) is 13.2. The second-order valence-corrected chi connectivity index (χ2v) is 12.5. The van der Waals surface area contributed by atoms with Gasteiger partial charge in [0, 0.05) is 11.6 Å². The monoisotopic (exact) mass is 501 g/mol. The van der Waals surface area contributed by atoms with Gasteiger partial charge in [0.15, 0.2) is 0 Å². The van der Waals surface area contributed by atoms with E-state index in [0.717, 1.165) is 23.1 Å². The maximum Gasteiger partial charge on any atom is 0.408 e. The lowest BCUT2D eigenvalue weighted by molar-refractivity contribution is -0.145. The van der Waals surface area contributed by atoms with Crippen LogP contribution in [0.4, 0.5) is 4.79 Å². The van der Waals surface area contributed by atoms with Crippen molar-refractivity contribution in [1.29, 1.82) is 0 Å². The van der Waals surface area contributed by atoms with Crippen molar-refractivity contribution in [2.24, 2.45) is 11.8 Å². The Morgan fingerprint density at radius 1 is 1.08 bits per heavy atom. The molecule has 1 aliphatic rings. The molecule has 5 atom stereocenters.